The van der Waals surface area contributed by atoms with E-state index < -0.39 is 6.36 Å². The van der Waals surface area contributed by atoms with Crippen LogP contribution in [0.5, 0.6) is 5.75 Å². The van der Waals surface area contributed by atoms with Gasteiger partial charge >= 0.3 is 6.36 Å². The number of ether oxygens (including phenoxy) is 1. The maximum atomic E-state index is 12.3. The smallest absolute Gasteiger partial charge is 0.406 e. The maximum Gasteiger partial charge on any atom is 0.573 e. The minimum atomic E-state index is -4.73. The van der Waals surface area contributed by atoms with Crippen LogP contribution in [-0.2, 0) is 0 Å². The van der Waals surface area contributed by atoms with Crippen molar-refractivity contribution in [1.82, 2.24) is 15.1 Å². The Hall–Kier alpha value is -2.06. The minimum Gasteiger partial charge on any atom is -0.406 e. The molecule has 0 aromatic heterocycles. The maximum absolute atomic E-state index is 12.3. The number of hydrogen-bond donors (Lipinski definition) is 1. The molecule has 0 saturated carbocycles. The van der Waals surface area contributed by atoms with Gasteiger partial charge in [0.15, 0.2) is 0 Å². The number of rotatable bonds is 8. The van der Waals surface area contributed by atoms with Gasteiger partial charge < -0.3 is 10.1 Å². The lowest BCUT2D eigenvalue weighted by molar-refractivity contribution is -0.274. The summed E-state index contributed by atoms with van der Waals surface area (Å²) < 4.78 is 40.7. The van der Waals surface area contributed by atoms with Crippen LogP contribution in [0.25, 0.3) is 0 Å². The average molecular weight is 506 g/mol. The summed E-state index contributed by atoms with van der Waals surface area (Å²) in [5.41, 5.74) is 2.04. The second-order valence-electron chi connectivity index (χ2n) is 10.9. The van der Waals surface area contributed by atoms with Gasteiger partial charge in [-0.25, -0.2) is 0 Å². The Labute approximate surface area is 212 Å². The number of unbranched alkanes of at least 4 members (excludes halogenated alkanes) is 2. The van der Waals surface area contributed by atoms with E-state index in [9.17, 15) is 18.0 Å². The van der Waals surface area contributed by atoms with Gasteiger partial charge in [-0.05, 0) is 101 Å². The standard InChI is InChI=1S/C28H38F3N3O2/c29-28(30,31)36-24-11-9-20(10-12-24)27(35)32-13-3-1-4-14-33-16-6-7-21-17-22-18-23(26(21)33)19-34-15-5-2-8-25(22)34/h9-12,17,22-23,25-26H,1-8,13-16,18-19H2,(H,32,35)/t22-,23+,25-,26-/m1/s1. The summed E-state index contributed by atoms with van der Waals surface area (Å²) in [5, 5.41) is 2.88. The highest BCUT2D eigenvalue weighted by atomic mass is 19.4. The monoisotopic (exact) mass is 505 g/mol. The van der Waals surface area contributed by atoms with E-state index in [-0.39, 0.29) is 11.7 Å². The fourth-order valence-corrected chi connectivity index (χ4v) is 7.06. The molecular formula is C28H38F3N3O2. The number of alkyl halides is 3. The summed E-state index contributed by atoms with van der Waals surface area (Å²) in [4.78, 5) is 17.8. The molecular weight excluding hydrogens is 467 g/mol. The van der Waals surface area contributed by atoms with E-state index in [4.69, 9.17) is 0 Å². The first-order chi connectivity index (χ1) is 17.4. The zero-order chi connectivity index (χ0) is 25.1. The van der Waals surface area contributed by atoms with E-state index in [0.717, 1.165) is 55.8 Å². The summed E-state index contributed by atoms with van der Waals surface area (Å²) in [6.45, 7) is 5.42. The molecule has 3 saturated heterocycles. The van der Waals surface area contributed by atoms with Crippen LogP contribution < -0.4 is 10.1 Å². The number of carbonyl (C=O) groups is 1. The van der Waals surface area contributed by atoms with Gasteiger partial charge in [-0.15, -0.1) is 13.2 Å². The zero-order valence-corrected chi connectivity index (χ0v) is 20.9. The van der Waals surface area contributed by atoms with Crippen molar-refractivity contribution in [2.45, 2.75) is 76.2 Å². The van der Waals surface area contributed by atoms with Gasteiger partial charge in [0.05, 0.1) is 0 Å². The number of carbonyl (C=O) groups excluding carboxylic acids is 1. The van der Waals surface area contributed by atoms with Crippen molar-refractivity contribution in [2.24, 2.45) is 11.8 Å². The van der Waals surface area contributed by atoms with Crippen LogP contribution in [0.2, 0.25) is 0 Å². The normalized spacial score (nSPS) is 28.6. The molecule has 1 aliphatic carbocycles. The second-order valence-corrected chi connectivity index (χ2v) is 10.9. The van der Waals surface area contributed by atoms with Crippen molar-refractivity contribution >= 4 is 5.91 Å². The Morgan fingerprint density at radius 2 is 1.89 bits per heavy atom. The van der Waals surface area contributed by atoms with Crippen LogP contribution in [0, 0.1) is 11.8 Å². The molecule has 1 amide bonds. The molecule has 4 atom stereocenters. The number of likely N-dealkylation sites (tertiary alicyclic amines) is 1. The Bertz CT molecular complexity index is 933. The Kier molecular flexibility index (Phi) is 7.91. The molecule has 4 aliphatic rings. The number of amides is 1. The molecule has 1 N–H and O–H groups in total. The molecule has 0 radical (unpaired) electrons. The van der Waals surface area contributed by atoms with Gasteiger partial charge in [-0.3, -0.25) is 14.6 Å². The molecule has 1 aromatic rings. The summed E-state index contributed by atoms with van der Waals surface area (Å²) in [5.74, 6) is 0.945. The molecule has 5 rings (SSSR count). The molecule has 3 heterocycles. The summed E-state index contributed by atoms with van der Waals surface area (Å²) in [7, 11) is 0. The van der Waals surface area contributed by atoms with Crippen molar-refractivity contribution in [3.05, 3.63) is 41.5 Å². The number of nitrogens with one attached hydrogen (secondary N) is 1. The predicted molar refractivity (Wildman–Crippen MR) is 133 cm³/mol. The third-order valence-electron chi connectivity index (χ3n) is 8.52. The predicted octanol–water partition coefficient (Wildman–Crippen LogP) is 5.38. The number of halogens is 3. The van der Waals surface area contributed by atoms with Gasteiger partial charge in [-0.1, -0.05) is 24.5 Å². The highest BCUT2D eigenvalue weighted by molar-refractivity contribution is 5.94. The molecule has 198 valence electrons. The van der Waals surface area contributed by atoms with Gasteiger partial charge in [-0.2, -0.15) is 0 Å². The number of piperidine rings is 3. The van der Waals surface area contributed by atoms with E-state index >= 15 is 0 Å². The van der Waals surface area contributed by atoms with Gasteiger partial charge in [0.25, 0.3) is 5.91 Å². The van der Waals surface area contributed by atoms with Crippen LogP contribution in [0.4, 0.5) is 13.2 Å². The van der Waals surface area contributed by atoms with Crippen LogP contribution in [0.15, 0.2) is 35.9 Å². The summed E-state index contributed by atoms with van der Waals surface area (Å²) in [6.07, 6.45) is 9.02. The molecule has 0 spiro atoms. The molecule has 5 nitrogen and oxygen atoms in total. The minimum absolute atomic E-state index is 0.274. The van der Waals surface area contributed by atoms with Crippen molar-refractivity contribution < 1.29 is 22.7 Å². The van der Waals surface area contributed by atoms with E-state index in [1.165, 1.54) is 70.3 Å². The topological polar surface area (TPSA) is 44.8 Å². The van der Waals surface area contributed by atoms with Crippen molar-refractivity contribution in [2.75, 3.05) is 32.7 Å². The highest BCUT2D eigenvalue weighted by Crippen LogP contribution is 2.45. The highest BCUT2D eigenvalue weighted by Gasteiger charge is 2.45. The van der Waals surface area contributed by atoms with Gasteiger partial charge in [0.1, 0.15) is 5.75 Å². The first kappa shape index (κ1) is 25.6. The van der Waals surface area contributed by atoms with Crippen LogP contribution in [0.3, 0.4) is 0 Å². The van der Waals surface area contributed by atoms with Gasteiger partial charge in [0.2, 0.25) is 0 Å². The Balaban J connectivity index is 1.04. The summed E-state index contributed by atoms with van der Waals surface area (Å²) >= 11 is 0. The largest absolute Gasteiger partial charge is 0.573 e. The van der Waals surface area contributed by atoms with Crippen LogP contribution in [-0.4, -0.2) is 66.9 Å². The SMILES string of the molecule is O=C(NCCCCCN1CCCC2=C[C@@H]3C[C@@H](CN4CCCC[C@H]34)[C@@H]21)c1ccc(OC(F)(F)F)cc1. The van der Waals surface area contributed by atoms with E-state index in [1.807, 2.05) is 0 Å². The molecule has 0 unspecified atom stereocenters. The van der Waals surface area contributed by atoms with E-state index in [2.05, 4.69) is 25.9 Å². The molecule has 36 heavy (non-hydrogen) atoms. The van der Waals surface area contributed by atoms with E-state index in [0.29, 0.717) is 18.2 Å². The molecule has 1 aromatic carbocycles. The van der Waals surface area contributed by atoms with Crippen molar-refractivity contribution in [3.63, 3.8) is 0 Å². The zero-order valence-electron chi connectivity index (χ0n) is 20.9. The van der Waals surface area contributed by atoms with Crippen molar-refractivity contribution in [1.29, 1.82) is 0 Å². The lowest BCUT2D eigenvalue weighted by Crippen LogP contribution is -2.59. The van der Waals surface area contributed by atoms with E-state index in [1.54, 1.807) is 5.57 Å². The number of fused-ring (bicyclic) bond motifs is 6. The molecule has 2 bridgehead atoms. The average Bonchev–Trinajstić information content (AvgIpc) is 2.85. The molecule has 3 fully saturated rings. The molecule has 8 heteroatoms. The fourth-order valence-electron chi connectivity index (χ4n) is 7.06. The first-order valence-electron chi connectivity index (χ1n) is 13.7. The number of benzene rings is 1. The summed E-state index contributed by atoms with van der Waals surface area (Å²) in [6, 6.07) is 6.44. The van der Waals surface area contributed by atoms with Gasteiger partial charge in [0, 0.05) is 30.7 Å². The molecule has 3 aliphatic heterocycles. The van der Waals surface area contributed by atoms with Crippen LogP contribution in [0.1, 0.15) is 68.1 Å². The number of hydrogen-bond acceptors (Lipinski definition) is 4. The fraction of sp³-hybridized carbons (Fsp3) is 0.679. The quantitative estimate of drug-likeness (QED) is 0.381. The second kappa shape index (κ2) is 11.1. The van der Waals surface area contributed by atoms with Crippen LogP contribution >= 0.6 is 0 Å². The lowest BCUT2D eigenvalue weighted by Gasteiger charge is -2.55. The third-order valence-corrected chi connectivity index (χ3v) is 8.52. The Morgan fingerprint density at radius 1 is 1.06 bits per heavy atom. The third kappa shape index (κ3) is 6.08. The van der Waals surface area contributed by atoms with Crippen molar-refractivity contribution in [3.8, 4) is 5.75 Å². The Morgan fingerprint density at radius 3 is 2.69 bits per heavy atom. The number of nitrogens with zero attached hydrogens (tertiary/aromatic N) is 2. The lowest BCUT2D eigenvalue weighted by atomic mass is 9.68. The first-order valence-corrected chi connectivity index (χ1v) is 13.7.